The predicted molar refractivity (Wildman–Crippen MR) is 80.3 cm³/mol. The van der Waals surface area contributed by atoms with Crippen LogP contribution in [0.1, 0.15) is 31.9 Å². The van der Waals surface area contributed by atoms with Crippen LogP contribution < -0.4 is 5.32 Å². The highest BCUT2D eigenvalue weighted by Gasteiger charge is 2.09. The molecule has 0 saturated heterocycles. The summed E-state index contributed by atoms with van der Waals surface area (Å²) in [5.74, 6) is 0. The van der Waals surface area contributed by atoms with Gasteiger partial charge in [0.1, 0.15) is 0 Å². The molecule has 0 bridgehead atoms. The molecule has 0 aliphatic rings. The minimum Gasteiger partial charge on any atom is -0.310 e. The summed E-state index contributed by atoms with van der Waals surface area (Å²) in [6.45, 7) is 5.28. The third-order valence-electron chi connectivity index (χ3n) is 2.97. The molecule has 0 saturated carbocycles. The fourth-order valence-electron chi connectivity index (χ4n) is 1.89. The average molecular weight is 298 g/mol. The van der Waals surface area contributed by atoms with Crippen molar-refractivity contribution in [1.82, 2.24) is 15.1 Å². The molecular weight excluding hydrogens is 281 g/mol. The Bertz CT molecular complexity index is 551. The third-order valence-corrected chi connectivity index (χ3v) is 3.47. The lowest BCUT2D eigenvalue weighted by Gasteiger charge is -2.15. The molecule has 1 aromatic heterocycles. The molecule has 0 spiro atoms. The molecule has 3 nitrogen and oxygen atoms in total. The summed E-state index contributed by atoms with van der Waals surface area (Å²) in [6, 6.07) is 6.28. The minimum atomic E-state index is 0.285. The second-order valence-electron chi connectivity index (χ2n) is 4.49. The van der Waals surface area contributed by atoms with Crippen LogP contribution in [0.4, 0.5) is 0 Å². The number of nitrogens with zero attached hydrogens (tertiary/aromatic N) is 2. The lowest BCUT2D eigenvalue weighted by molar-refractivity contribution is 0.570. The van der Waals surface area contributed by atoms with Crippen molar-refractivity contribution in [3.63, 3.8) is 0 Å². The molecule has 0 fully saturated rings. The van der Waals surface area contributed by atoms with E-state index in [9.17, 15) is 0 Å². The van der Waals surface area contributed by atoms with E-state index in [1.54, 1.807) is 17.1 Å². The largest absolute Gasteiger partial charge is 0.310 e. The zero-order valence-corrected chi connectivity index (χ0v) is 12.5. The summed E-state index contributed by atoms with van der Waals surface area (Å²) in [4.78, 5) is 0. The average Bonchev–Trinajstić information content (AvgIpc) is 2.82. The van der Waals surface area contributed by atoms with Crippen LogP contribution in [-0.4, -0.2) is 16.3 Å². The molecule has 1 heterocycles. The summed E-state index contributed by atoms with van der Waals surface area (Å²) in [6.07, 6.45) is 4.44. The first kappa shape index (κ1) is 14.4. The Labute approximate surface area is 123 Å². The molecule has 5 heteroatoms. The smallest absolute Gasteiger partial charge is 0.0832 e. The van der Waals surface area contributed by atoms with Gasteiger partial charge >= 0.3 is 0 Å². The SMILES string of the molecule is CCCNC(C)c1ccc(-n2cc(Cl)cn2)c(Cl)c1. The highest BCUT2D eigenvalue weighted by Crippen LogP contribution is 2.25. The van der Waals surface area contributed by atoms with Gasteiger partial charge in [-0.2, -0.15) is 5.10 Å². The summed E-state index contributed by atoms with van der Waals surface area (Å²) in [7, 11) is 0. The number of aromatic nitrogens is 2. The van der Waals surface area contributed by atoms with Gasteiger partial charge in [-0.15, -0.1) is 0 Å². The monoisotopic (exact) mass is 297 g/mol. The maximum absolute atomic E-state index is 6.32. The zero-order chi connectivity index (χ0) is 13.8. The van der Waals surface area contributed by atoms with Crippen LogP contribution in [0.25, 0.3) is 5.69 Å². The Morgan fingerprint density at radius 1 is 1.37 bits per heavy atom. The molecule has 2 rings (SSSR count). The van der Waals surface area contributed by atoms with Crippen LogP contribution in [0.3, 0.4) is 0 Å². The molecule has 1 unspecified atom stereocenters. The molecule has 0 radical (unpaired) electrons. The number of rotatable bonds is 5. The number of halogens is 2. The van der Waals surface area contributed by atoms with E-state index < -0.39 is 0 Å². The van der Waals surface area contributed by atoms with E-state index in [0.29, 0.717) is 10.0 Å². The Morgan fingerprint density at radius 2 is 2.16 bits per heavy atom. The number of benzene rings is 1. The molecule has 102 valence electrons. The van der Waals surface area contributed by atoms with E-state index in [0.717, 1.165) is 18.7 Å². The standard InChI is InChI=1S/C14H17Cl2N3/c1-3-6-17-10(2)11-4-5-14(13(16)7-11)19-9-12(15)8-18-19/h4-5,7-10,17H,3,6H2,1-2H3. The molecule has 0 amide bonds. The molecule has 19 heavy (non-hydrogen) atoms. The van der Waals surface area contributed by atoms with E-state index in [2.05, 4.69) is 30.3 Å². The first-order valence-corrected chi connectivity index (χ1v) is 7.10. The molecule has 2 aromatic rings. The lowest BCUT2D eigenvalue weighted by atomic mass is 10.1. The first-order valence-electron chi connectivity index (χ1n) is 6.35. The highest BCUT2D eigenvalue weighted by atomic mass is 35.5. The number of nitrogens with one attached hydrogen (secondary N) is 1. The van der Waals surface area contributed by atoms with Gasteiger partial charge < -0.3 is 5.32 Å². The summed E-state index contributed by atoms with van der Waals surface area (Å²) in [5.41, 5.74) is 2.00. The van der Waals surface area contributed by atoms with E-state index >= 15 is 0 Å². The quantitative estimate of drug-likeness (QED) is 0.894. The Hall–Kier alpha value is -1.03. The van der Waals surface area contributed by atoms with Gasteiger partial charge in [-0.1, -0.05) is 36.2 Å². The fourth-order valence-corrected chi connectivity index (χ4v) is 2.30. The van der Waals surface area contributed by atoms with Gasteiger partial charge in [0.15, 0.2) is 0 Å². The van der Waals surface area contributed by atoms with E-state index in [-0.39, 0.29) is 6.04 Å². The maximum Gasteiger partial charge on any atom is 0.0832 e. The number of hydrogen-bond donors (Lipinski definition) is 1. The molecule has 1 N–H and O–H groups in total. The molecule has 1 atom stereocenters. The van der Waals surface area contributed by atoms with Gasteiger partial charge in [-0.05, 0) is 37.6 Å². The molecule has 0 aliphatic carbocycles. The summed E-state index contributed by atoms with van der Waals surface area (Å²) in [5, 5.41) is 8.86. The van der Waals surface area contributed by atoms with Gasteiger partial charge in [0.25, 0.3) is 0 Å². The van der Waals surface area contributed by atoms with Crippen LogP contribution in [0.15, 0.2) is 30.6 Å². The van der Waals surface area contributed by atoms with Crippen molar-refractivity contribution in [2.75, 3.05) is 6.54 Å². The van der Waals surface area contributed by atoms with Gasteiger partial charge in [0, 0.05) is 12.2 Å². The van der Waals surface area contributed by atoms with Gasteiger partial charge in [-0.25, -0.2) is 4.68 Å². The summed E-state index contributed by atoms with van der Waals surface area (Å²) < 4.78 is 1.68. The van der Waals surface area contributed by atoms with Crippen LogP contribution >= 0.6 is 23.2 Å². The van der Waals surface area contributed by atoms with Crippen LogP contribution in [-0.2, 0) is 0 Å². The molecular formula is C14H17Cl2N3. The van der Waals surface area contributed by atoms with E-state index in [1.807, 2.05) is 12.1 Å². The normalized spacial score (nSPS) is 12.6. The van der Waals surface area contributed by atoms with Crippen molar-refractivity contribution in [1.29, 1.82) is 0 Å². The topological polar surface area (TPSA) is 29.9 Å². The van der Waals surface area contributed by atoms with Gasteiger partial charge in [0.05, 0.1) is 21.9 Å². The lowest BCUT2D eigenvalue weighted by Crippen LogP contribution is -2.19. The van der Waals surface area contributed by atoms with Crippen molar-refractivity contribution < 1.29 is 0 Å². The predicted octanol–water partition coefficient (Wildman–Crippen LogP) is 4.24. The zero-order valence-electron chi connectivity index (χ0n) is 11.0. The van der Waals surface area contributed by atoms with Crippen molar-refractivity contribution in [3.05, 3.63) is 46.2 Å². The van der Waals surface area contributed by atoms with Crippen molar-refractivity contribution in [3.8, 4) is 5.69 Å². The van der Waals surface area contributed by atoms with Crippen molar-refractivity contribution in [2.24, 2.45) is 0 Å². The second-order valence-corrected chi connectivity index (χ2v) is 5.33. The van der Waals surface area contributed by atoms with Gasteiger partial charge in [0.2, 0.25) is 0 Å². The van der Waals surface area contributed by atoms with Crippen LogP contribution in [0, 0.1) is 0 Å². The molecule has 1 aromatic carbocycles. The fraction of sp³-hybridized carbons (Fsp3) is 0.357. The second kappa shape index (κ2) is 6.42. The maximum atomic E-state index is 6.32. The van der Waals surface area contributed by atoms with E-state index in [4.69, 9.17) is 23.2 Å². The Morgan fingerprint density at radius 3 is 2.74 bits per heavy atom. The van der Waals surface area contributed by atoms with Gasteiger partial charge in [-0.3, -0.25) is 0 Å². The number of hydrogen-bond acceptors (Lipinski definition) is 2. The molecule has 0 aliphatic heterocycles. The van der Waals surface area contributed by atoms with Crippen LogP contribution in [0.5, 0.6) is 0 Å². The third kappa shape index (κ3) is 3.50. The Balaban J connectivity index is 2.22. The van der Waals surface area contributed by atoms with Crippen molar-refractivity contribution in [2.45, 2.75) is 26.3 Å². The Kier molecular flexibility index (Phi) is 4.86. The van der Waals surface area contributed by atoms with E-state index in [1.165, 1.54) is 5.56 Å². The first-order chi connectivity index (χ1) is 9.11. The minimum absolute atomic E-state index is 0.285. The van der Waals surface area contributed by atoms with Crippen molar-refractivity contribution >= 4 is 23.2 Å². The highest BCUT2D eigenvalue weighted by molar-refractivity contribution is 6.32. The van der Waals surface area contributed by atoms with Crippen LogP contribution in [0.2, 0.25) is 10.0 Å². The summed E-state index contributed by atoms with van der Waals surface area (Å²) >= 11 is 12.2.